The summed E-state index contributed by atoms with van der Waals surface area (Å²) >= 11 is 5.72. The lowest BCUT2D eigenvalue weighted by molar-refractivity contribution is -0.119. The lowest BCUT2D eigenvalue weighted by Crippen LogP contribution is -2.21. The summed E-state index contributed by atoms with van der Waals surface area (Å²) in [5.74, 6) is -2.55. The first-order valence-electron chi connectivity index (χ1n) is 6.55. The molecule has 0 saturated carbocycles. The molecule has 1 N–H and O–H groups in total. The van der Waals surface area contributed by atoms with Gasteiger partial charge in [-0.3, -0.25) is 4.79 Å². The molecule has 0 fully saturated rings. The van der Waals surface area contributed by atoms with E-state index in [1.807, 2.05) is 0 Å². The van der Waals surface area contributed by atoms with E-state index in [1.165, 1.54) is 12.1 Å². The summed E-state index contributed by atoms with van der Waals surface area (Å²) in [6.07, 6.45) is 0. The van der Waals surface area contributed by atoms with E-state index in [2.05, 4.69) is 5.32 Å². The van der Waals surface area contributed by atoms with Crippen molar-refractivity contribution in [2.45, 2.75) is 6.92 Å². The van der Waals surface area contributed by atoms with Gasteiger partial charge < -0.3 is 10.1 Å². The molecule has 0 heterocycles. The van der Waals surface area contributed by atoms with Crippen LogP contribution >= 0.6 is 11.6 Å². The Kier molecular flexibility index (Phi) is 5.28. The maximum absolute atomic E-state index is 13.4. The van der Waals surface area contributed by atoms with E-state index in [1.54, 1.807) is 6.92 Å². The number of rotatable bonds is 4. The Morgan fingerprint density at radius 3 is 2.57 bits per heavy atom. The minimum Gasteiger partial charge on any atom is -0.452 e. The van der Waals surface area contributed by atoms with Gasteiger partial charge in [-0.05, 0) is 42.8 Å². The van der Waals surface area contributed by atoms with Crippen molar-refractivity contribution in [2.24, 2.45) is 0 Å². The smallest absolute Gasteiger partial charge is 0.340 e. The average Bonchev–Trinajstić information content (AvgIpc) is 2.48. The first kappa shape index (κ1) is 16.9. The molecular formula is C16H12ClF2NO3. The topological polar surface area (TPSA) is 55.4 Å². The Morgan fingerprint density at radius 2 is 1.91 bits per heavy atom. The van der Waals surface area contributed by atoms with Gasteiger partial charge in [-0.15, -0.1) is 0 Å². The normalized spacial score (nSPS) is 10.3. The SMILES string of the molecule is Cc1ccc(NC(=O)COC(=O)c2ccc(F)cc2Cl)cc1F. The number of anilines is 1. The van der Waals surface area contributed by atoms with Crippen LogP contribution in [-0.2, 0) is 9.53 Å². The third-order valence-corrected chi connectivity index (χ3v) is 3.25. The number of carbonyl (C=O) groups is 2. The second-order valence-corrected chi connectivity index (χ2v) is 5.12. The Balaban J connectivity index is 1.93. The molecule has 0 bridgehead atoms. The Hall–Kier alpha value is -2.47. The maximum atomic E-state index is 13.4. The summed E-state index contributed by atoms with van der Waals surface area (Å²) in [4.78, 5) is 23.4. The van der Waals surface area contributed by atoms with Crippen molar-refractivity contribution in [1.29, 1.82) is 0 Å². The molecule has 7 heteroatoms. The summed E-state index contributed by atoms with van der Waals surface area (Å²) in [5.41, 5.74) is 0.636. The lowest BCUT2D eigenvalue weighted by atomic mass is 10.2. The van der Waals surface area contributed by atoms with Crippen LogP contribution in [0.1, 0.15) is 15.9 Å². The number of aryl methyl sites for hydroxylation is 1. The Morgan fingerprint density at radius 1 is 1.17 bits per heavy atom. The number of benzene rings is 2. The molecule has 0 unspecified atom stereocenters. The molecule has 120 valence electrons. The largest absolute Gasteiger partial charge is 0.452 e. The highest BCUT2D eigenvalue weighted by Gasteiger charge is 2.14. The van der Waals surface area contributed by atoms with E-state index in [4.69, 9.17) is 16.3 Å². The molecule has 0 aliphatic rings. The zero-order valence-electron chi connectivity index (χ0n) is 12.0. The van der Waals surface area contributed by atoms with Crippen LogP contribution in [0.5, 0.6) is 0 Å². The highest BCUT2D eigenvalue weighted by atomic mass is 35.5. The quantitative estimate of drug-likeness (QED) is 0.864. The Labute approximate surface area is 136 Å². The van der Waals surface area contributed by atoms with Crippen molar-refractivity contribution in [3.63, 3.8) is 0 Å². The molecule has 0 aromatic heterocycles. The second kappa shape index (κ2) is 7.19. The van der Waals surface area contributed by atoms with Gasteiger partial charge in [0.25, 0.3) is 5.91 Å². The van der Waals surface area contributed by atoms with Crippen LogP contribution in [-0.4, -0.2) is 18.5 Å². The fourth-order valence-corrected chi connectivity index (χ4v) is 1.98. The zero-order chi connectivity index (χ0) is 17.0. The van der Waals surface area contributed by atoms with Crippen LogP contribution in [0.2, 0.25) is 5.02 Å². The van der Waals surface area contributed by atoms with Gasteiger partial charge in [-0.1, -0.05) is 17.7 Å². The first-order valence-corrected chi connectivity index (χ1v) is 6.93. The fourth-order valence-electron chi connectivity index (χ4n) is 1.73. The molecular weight excluding hydrogens is 328 g/mol. The van der Waals surface area contributed by atoms with Gasteiger partial charge in [0.15, 0.2) is 6.61 Å². The number of hydrogen-bond acceptors (Lipinski definition) is 3. The van der Waals surface area contributed by atoms with Crippen molar-refractivity contribution < 1.29 is 23.1 Å². The third kappa shape index (κ3) is 4.50. The molecule has 0 aliphatic carbocycles. The predicted octanol–water partition coefficient (Wildman–Crippen LogP) is 3.72. The predicted molar refractivity (Wildman–Crippen MR) is 81.5 cm³/mol. The number of carbonyl (C=O) groups excluding carboxylic acids is 2. The van der Waals surface area contributed by atoms with Crippen LogP contribution in [0.15, 0.2) is 36.4 Å². The van der Waals surface area contributed by atoms with Gasteiger partial charge >= 0.3 is 5.97 Å². The number of amides is 1. The molecule has 0 saturated heterocycles. The van der Waals surface area contributed by atoms with Crippen LogP contribution in [0, 0.1) is 18.6 Å². The van der Waals surface area contributed by atoms with Gasteiger partial charge in [-0.2, -0.15) is 0 Å². The van der Waals surface area contributed by atoms with Gasteiger partial charge in [0.05, 0.1) is 10.6 Å². The molecule has 23 heavy (non-hydrogen) atoms. The Bertz CT molecular complexity index is 765. The summed E-state index contributed by atoms with van der Waals surface area (Å²) in [5, 5.41) is 2.28. The lowest BCUT2D eigenvalue weighted by Gasteiger charge is -2.08. The summed E-state index contributed by atoms with van der Waals surface area (Å²) < 4.78 is 31.0. The number of esters is 1. The van der Waals surface area contributed by atoms with Crippen molar-refractivity contribution in [2.75, 3.05) is 11.9 Å². The highest BCUT2D eigenvalue weighted by molar-refractivity contribution is 6.33. The van der Waals surface area contributed by atoms with Gasteiger partial charge in [-0.25, -0.2) is 13.6 Å². The van der Waals surface area contributed by atoms with Gasteiger partial charge in [0.2, 0.25) is 0 Å². The van der Waals surface area contributed by atoms with E-state index >= 15 is 0 Å². The number of nitrogens with one attached hydrogen (secondary N) is 1. The molecule has 0 spiro atoms. The van der Waals surface area contributed by atoms with Crippen LogP contribution in [0.25, 0.3) is 0 Å². The minimum atomic E-state index is -0.861. The molecule has 0 aliphatic heterocycles. The number of hydrogen-bond donors (Lipinski definition) is 1. The monoisotopic (exact) mass is 339 g/mol. The molecule has 0 atom stereocenters. The highest BCUT2D eigenvalue weighted by Crippen LogP contribution is 2.18. The summed E-state index contributed by atoms with van der Waals surface area (Å²) in [6, 6.07) is 7.37. The van der Waals surface area contributed by atoms with Crippen LogP contribution < -0.4 is 5.32 Å². The molecule has 2 aromatic carbocycles. The van der Waals surface area contributed by atoms with Crippen molar-refractivity contribution in [3.8, 4) is 0 Å². The van der Waals surface area contributed by atoms with Crippen LogP contribution in [0.3, 0.4) is 0 Å². The van der Waals surface area contributed by atoms with Gasteiger partial charge in [0, 0.05) is 5.69 Å². The van der Waals surface area contributed by atoms with Crippen LogP contribution in [0.4, 0.5) is 14.5 Å². The zero-order valence-corrected chi connectivity index (χ0v) is 12.8. The van der Waals surface area contributed by atoms with E-state index in [-0.39, 0.29) is 16.3 Å². The fraction of sp³-hybridized carbons (Fsp3) is 0.125. The third-order valence-electron chi connectivity index (χ3n) is 2.94. The first-order chi connectivity index (χ1) is 10.9. The molecule has 1 amide bonds. The summed E-state index contributed by atoms with van der Waals surface area (Å²) in [6.45, 7) is 1.01. The van der Waals surface area contributed by atoms with Crippen molar-refractivity contribution >= 4 is 29.2 Å². The molecule has 4 nitrogen and oxygen atoms in total. The van der Waals surface area contributed by atoms with E-state index in [9.17, 15) is 18.4 Å². The standard InChI is InChI=1S/C16H12ClF2NO3/c1-9-2-4-11(7-14(9)19)20-15(21)8-23-16(22)12-5-3-10(18)6-13(12)17/h2-7H,8H2,1H3,(H,20,21). The van der Waals surface area contributed by atoms with E-state index in [0.29, 0.717) is 5.56 Å². The van der Waals surface area contributed by atoms with Gasteiger partial charge in [0.1, 0.15) is 11.6 Å². The number of ether oxygens (including phenoxy) is 1. The second-order valence-electron chi connectivity index (χ2n) is 4.71. The molecule has 2 rings (SSSR count). The molecule has 0 radical (unpaired) electrons. The molecule has 2 aromatic rings. The van der Waals surface area contributed by atoms with Crippen molar-refractivity contribution in [3.05, 3.63) is 64.2 Å². The average molecular weight is 340 g/mol. The van der Waals surface area contributed by atoms with E-state index < -0.39 is 30.1 Å². The maximum Gasteiger partial charge on any atom is 0.340 e. The summed E-state index contributed by atoms with van der Waals surface area (Å²) in [7, 11) is 0. The number of halogens is 3. The minimum absolute atomic E-state index is 0.0535. The van der Waals surface area contributed by atoms with E-state index in [0.717, 1.165) is 24.3 Å². The van der Waals surface area contributed by atoms with Crippen molar-refractivity contribution in [1.82, 2.24) is 0 Å².